The molecule has 3 atom stereocenters. The van der Waals surface area contributed by atoms with Crippen LogP contribution in [-0.4, -0.2) is 16.0 Å². The van der Waals surface area contributed by atoms with Gasteiger partial charge in [0, 0.05) is 18.0 Å². The van der Waals surface area contributed by atoms with Crippen LogP contribution in [0.2, 0.25) is 0 Å². The van der Waals surface area contributed by atoms with Crippen LogP contribution in [0.1, 0.15) is 51.3 Å². The summed E-state index contributed by atoms with van der Waals surface area (Å²) in [7, 11) is 0. The second kappa shape index (κ2) is 4.41. The molecule has 4 nitrogen and oxygen atoms in total. The lowest BCUT2D eigenvalue weighted by molar-refractivity contribution is 0.438. The van der Waals surface area contributed by atoms with Crippen molar-refractivity contribution in [2.24, 2.45) is 11.8 Å². The zero-order valence-corrected chi connectivity index (χ0v) is 11.2. The maximum atomic E-state index is 5.86. The largest absolute Gasteiger partial charge is 0.384 e. The third kappa shape index (κ3) is 2.16. The summed E-state index contributed by atoms with van der Waals surface area (Å²) >= 11 is 0. The third-order valence-corrected chi connectivity index (χ3v) is 4.35. The first-order chi connectivity index (χ1) is 8.61. The van der Waals surface area contributed by atoms with Crippen LogP contribution in [0.25, 0.3) is 0 Å². The van der Waals surface area contributed by atoms with Crippen molar-refractivity contribution in [1.82, 2.24) is 9.97 Å². The molecular formula is C14H22N4. The molecule has 2 bridgehead atoms. The van der Waals surface area contributed by atoms with Crippen molar-refractivity contribution in [1.29, 1.82) is 0 Å². The van der Waals surface area contributed by atoms with E-state index in [9.17, 15) is 0 Å². The Labute approximate surface area is 108 Å². The fraction of sp³-hybridized carbons (Fsp3) is 0.714. The maximum absolute atomic E-state index is 5.86. The normalized spacial score (nSPS) is 30.1. The first-order valence-corrected chi connectivity index (χ1v) is 7.03. The van der Waals surface area contributed by atoms with Gasteiger partial charge in [0.25, 0.3) is 0 Å². The Bertz CT molecular complexity index is 443. The summed E-state index contributed by atoms with van der Waals surface area (Å²) in [5.74, 6) is 4.41. The summed E-state index contributed by atoms with van der Waals surface area (Å²) in [6, 6.07) is 2.45. The standard InChI is InChI=1S/C14H22N4/c1-8(2)14-17-12(15)7-13(18-14)16-11-6-9-3-4-10(11)5-9/h7-11H,3-6H2,1-2H3,(H3,15,16,17,18). The predicted molar refractivity (Wildman–Crippen MR) is 73.4 cm³/mol. The highest BCUT2D eigenvalue weighted by Crippen LogP contribution is 2.45. The van der Waals surface area contributed by atoms with Crippen molar-refractivity contribution in [3.05, 3.63) is 11.9 Å². The Kier molecular flexibility index (Phi) is 2.88. The molecule has 2 fully saturated rings. The number of nitrogen functional groups attached to an aromatic ring is 1. The minimum atomic E-state index is 0.314. The van der Waals surface area contributed by atoms with Gasteiger partial charge < -0.3 is 11.1 Å². The second-order valence-corrected chi connectivity index (χ2v) is 6.12. The lowest BCUT2D eigenvalue weighted by Gasteiger charge is -2.23. The Morgan fingerprint density at radius 2 is 2.11 bits per heavy atom. The maximum Gasteiger partial charge on any atom is 0.135 e. The Morgan fingerprint density at radius 3 is 2.72 bits per heavy atom. The molecule has 0 aliphatic heterocycles. The van der Waals surface area contributed by atoms with Crippen LogP contribution in [0.4, 0.5) is 11.6 Å². The molecule has 0 amide bonds. The van der Waals surface area contributed by atoms with Crippen LogP contribution in [0.5, 0.6) is 0 Å². The number of fused-ring (bicyclic) bond motifs is 2. The fourth-order valence-corrected chi connectivity index (χ4v) is 3.43. The molecule has 0 radical (unpaired) electrons. The molecule has 0 saturated heterocycles. The Balaban J connectivity index is 1.76. The van der Waals surface area contributed by atoms with Crippen molar-refractivity contribution in [3.63, 3.8) is 0 Å². The molecule has 3 unspecified atom stereocenters. The average Bonchev–Trinajstić information content (AvgIpc) is 2.90. The molecule has 1 aromatic heterocycles. The lowest BCUT2D eigenvalue weighted by atomic mass is 9.95. The van der Waals surface area contributed by atoms with E-state index in [-0.39, 0.29) is 0 Å². The third-order valence-electron chi connectivity index (χ3n) is 4.35. The van der Waals surface area contributed by atoms with Gasteiger partial charge in [-0.25, -0.2) is 9.97 Å². The van der Waals surface area contributed by atoms with Crippen LogP contribution in [0.15, 0.2) is 6.07 Å². The van der Waals surface area contributed by atoms with Gasteiger partial charge in [0.05, 0.1) is 0 Å². The van der Waals surface area contributed by atoms with E-state index in [2.05, 4.69) is 29.1 Å². The minimum Gasteiger partial charge on any atom is -0.384 e. The molecule has 4 heteroatoms. The average molecular weight is 246 g/mol. The number of nitrogens with one attached hydrogen (secondary N) is 1. The Hall–Kier alpha value is -1.32. The van der Waals surface area contributed by atoms with Gasteiger partial charge in [0.2, 0.25) is 0 Å². The smallest absolute Gasteiger partial charge is 0.135 e. The summed E-state index contributed by atoms with van der Waals surface area (Å²) < 4.78 is 0. The van der Waals surface area contributed by atoms with Gasteiger partial charge in [-0.05, 0) is 31.1 Å². The fourth-order valence-electron chi connectivity index (χ4n) is 3.43. The number of nitrogens with zero attached hydrogens (tertiary/aromatic N) is 2. The SMILES string of the molecule is CC(C)c1nc(N)cc(NC2CC3CCC2C3)n1. The van der Waals surface area contributed by atoms with E-state index in [0.717, 1.165) is 23.5 Å². The van der Waals surface area contributed by atoms with E-state index < -0.39 is 0 Å². The first-order valence-electron chi connectivity index (χ1n) is 7.03. The van der Waals surface area contributed by atoms with Crippen molar-refractivity contribution in [2.75, 3.05) is 11.1 Å². The highest BCUT2D eigenvalue weighted by Gasteiger charge is 2.39. The van der Waals surface area contributed by atoms with E-state index in [0.29, 0.717) is 17.8 Å². The highest BCUT2D eigenvalue weighted by atomic mass is 15.1. The van der Waals surface area contributed by atoms with E-state index in [1.165, 1.54) is 25.7 Å². The molecule has 2 aliphatic rings. The number of rotatable bonds is 3. The molecule has 0 spiro atoms. The van der Waals surface area contributed by atoms with E-state index in [4.69, 9.17) is 5.73 Å². The summed E-state index contributed by atoms with van der Waals surface area (Å²) in [6.45, 7) is 4.19. The van der Waals surface area contributed by atoms with Gasteiger partial charge in [0.1, 0.15) is 17.5 Å². The van der Waals surface area contributed by atoms with Crippen LogP contribution in [-0.2, 0) is 0 Å². The van der Waals surface area contributed by atoms with Crippen LogP contribution in [0.3, 0.4) is 0 Å². The van der Waals surface area contributed by atoms with Gasteiger partial charge in [0.15, 0.2) is 0 Å². The lowest BCUT2D eigenvalue weighted by Crippen LogP contribution is -2.26. The highest BCUT2D eigenvalue weighted by molar-refractivity contribution is 5.46. The second-order valence-electron chi connectivity index (χ2n) is 6.12. The van der Waals surface area contributed by atoms with Crippen LogP contribution in [0, 0.1) is 11.8 Å². The number of hydrogen-bond donors (Lipinski definition) is 2. The van der Waals surface area contributed by atoms with Gasteiger partial charge in [-0.3, -0.25) is 0 Å². The molecule has 3 N–H and O–H groups in total. The minimum absolute atomic E-state index is 0.314. The van der Waals surface area contributed by atoms with Gasteiger partial charge in [-0.15, -0.1) is 0 Å². The molecule has 1 aromatic rings. The van der Waals surface area contributed by atoms with E-state index in [1.54, 1.807) is 0 Å². The zero-order valence-electron chi connectivity index (χ0n) is 11.2. The van der Waals surface area contributed by atoms with E-state index >= 15 is 0 Å². The van der Waals surface area contributed by atoms with Crippen molar-refractivity contribution >= 4 is 11.6 Å². The van der Waals surface area contributed by atoms with Gasteiger partial charge in [-0.2, -0.15) is 0 Å². The molecule has 2 aliphatic carbocycles. The first kappa shape index (κ1) is 11.8. The monoisotopic (exact) mass is 246 g/mol. The van der Waals surface area contributed by atoms with Gasteiger partial charge >= 0.3 is 0 Å². The molecular weight excluding hydrogens is 224 g/mol. The molecule has 0 aromatic carbocycles. The molecule has 1 heterocycles. The Morgan fingerprint density at radius 1 is 1.28 bits per heavy atom. The zero-order chi connectivity index (χ0) is 12.7. The summed E-state index contributed by atoms with van der Waals surface area (Å²) in [6.07, 6.45) is 5.49. The molecule has 3 rings (SSSR count). The number of nitrogens with two attached hydrogens (primary N) is 1. The van der Waals surface area contributed by atoms with Crippen LogP contribution < -0.4 is 11.1 Å². The number of aromatic nitrogens is 2. The quantitative estimate of drug-likeness (QED) is 0.860. The molecule has 2 saturated carbocycles. The molecule has 98 valence electrons. The van der Waals surface area contributed by atoms with Crippen LogP contribution >= 0.6 is 0 Å². The number of hydrogen-bond acceptors (Lipinski definition) is 4. The van der Waals surface area contributed by atoms with Crippen molar-refractivity contribution in [3.8, 4) is 0 Å². The molecule has 18 heavy (non-hydrogen) atoms. The van der Waals surface area contributed by atoms with Crippen molar-refractivity contribution < 1.29 is 0 Å². The van der Waals surface area contributed by atoms with Crippen molar-refractivity contribution in [2.45, 2.75) is 51.5 Å². The number of anilines is 2. The predicted octanol–water partition coefficient (Wildman–Crippen LogP) is 2.78. The summed E-state index contributed by atoms with van der Waals surface area (Å²) in [5.41, 5.74) is 5.86. The summed E-state index contributed by atoms with van der Waals surface area (Å²) in [4.78, 5) is 8.86. The summed E-state index contributed by atoms with van der Waals surface area (Å²) in [5, 5.41) is 3.58. The van der Waals surface area contributed by atoms with E-state index in [1.807, 2.05) is 6.07 Å². The topological polar surface area (TPSA) is 63.8 Å². The van der Waals surface area contributed by atoms with Gasteiger partial charge in [-0.1, -0.05) is 20.3 Å².